The van der Waals surface area contributed by atoms with E-state index in [0.29, 0.717) is 17.2 Å². The van der Waals surface area contributed by atoms with Crippen LogP contribution in [-0.2, 0) is 10.0 Å². The van der Waals surface area contributed by atoms with Crippen molar-refractivity contribution in [2.24, 2.45) is 0 Å². The lowest BCUT2D eigenvalue weighted by Gasteiger charge is -2.15. The van der Waals surface area contributed by atoms with Crippen molar-refractivity contribution in [2.45, 2.75) is 17.7 Å². The molecule has 3 heterocycles. The van der Waals surface area contributed by atoms with Crippen molar-refractivity contribution in [3.63, 3.8) is 0 Å². The maximum atomic E-state index is 12.7. The number of hydrogen-bond donors (Lipinski definition) is 1. The van der Waals surface area contributed by atoms with E-state index in [1.54, 1.807) is 18.3 Å². The third kappa shape index (κ3) is 3.12. The minimum Gasteiger partial charge on any atom is -0.341 e. The molecule has 3 aromatic rings. The van der Waals surface area contributed by atoms with Gasteiger partial charge in [0.05, 0.1) is 23.6 Å². The van der Waals surface area contributed by atoms with Crippen LogP contribution in [-0.4, -0.2) is 36.5 Å². The Morgan fingerprint density at radius 1 is 0.960 bits per heavy atom. The van der Waals surface area contributed by atoms with Crippen LogP contribution in [0.2, 0.25) is 0 Å². The molecular formula is C17H17N5O2S. The number of hydrogen-bond acceptors (Lipinski definition) is 6. The molecule has 0 aliphatic carbocycles. The summed E-state index contributed by atoms with van der Waals surface area (Å²) in [5, 5.41) is 0.769. The molecule has 0 spiro atoms. The molecule has 0 amide bonds. The van der Waals surface area contributed by atoms with Crippen LogP contribution in [0.25, 0.3) is 10.9 Å². The van der Waals surface area contributed by atoms with Crippen molar-refractivity contribution in [1.82, 2.24) is 15.0 Å². The van der Waals surface area contributed by atoms with E-state index in [9.17, 15) is 8.42 Å². The second-order valence-electron chi connectivity index (χ2n) is 5.90. The monoisotopic (exact) mass is 355 g/mol. The first kappa shape index (κ1) is 15.8. The number of aromatic nitrogens is 3. The molecule has 1 N–H and O–H groups in total. The maximum Gasteiger partial charge on any atom is 0.264 e. The molecule has 0 atom stereocenters. The van der Waals surface area contributed by atoms with Gasteiger partial charge in [-0.2, -0.15) is 0 Å². The standard InChI is InChI=1S/C17H17N5O2S/c23-25(24,15-7-3-5-13-6-4-8-18-16(13)15)21-14-11-19-17(20-12-14)22-9-1-2-10-22/h3-8,11-12,21H,1-2,9-10H2. The minimum atomic E-state index is -3.78. The zero-order valence-corrected chi connectivity index (χ0v) is 14.3. The zero-order chi connectivity index (χ0) is 17.3. The van der Waals surface area contributed by atoms with E-state index in [1.165, 1.54) is 18.5 Å². The molecule has 7 nitrogen and oxygen atoms in total. The minimum absolute atomic E-state index is 0.134. The highest BCUT2D eigenvalue weighted by Crippen LogP contribution is 2.23. The largest absolute Gasteiger partial charge is 0.341 e. The Balaban J connectivity index is 1.62. The van der Waals surface area contributed by atoms with Gasteiger partial charge in [0, 0.05) is 24.7 Å². The Morgan fingerprint density at radius 3 is 2.44 bits per heavy atom. The molecular weight excluding hydrogens is 338 g/mol. The lowest BCUT2D eigenvalue weighted by atomic mass is 10.2. The summed E-state index contributed by atoms with van der Waals surface area (Å²) in [6.45, 7) is 1.87. The van der Waals surface area contributed by atoms with Crippen molar-refractivity contribution in [2.75, 3.05) is 22.7 Å². The molecule has 4 rings (SSSR count). The molecule has 1 aromatic carbocycles. The molecule has 1 saturated heterocycles. The van der Waals surface area contributed by atoms with Crippen LogP contribution < -0.4 is 9.62 Å². The van der Waals surface area contributed by atoms with Crippen molar-refractivity contribution in [3.8, 4) is 0 Å². The van der Waals surface area contributed by atoms with E-state index in [1.807, 2.05) is 12.1 Å². The Bertz CT molecular complexity index is 994. The second-order valence-corrected chi connectivity index (χ2v) is 7.55. The number of anilines is 2. The number of pyridine rings is 1. The average molecular weight is 355 g/mol. The zero-order valence-electron chi connectivity index (χ0n) is 13.5. The van der Waals surface area contributed by atoms with E-state index in [2.05, 4.69) is 24.6 Å². The van der Waals surface area contributed by atoms with Crippen LogP contribution in [0, 0.1) is 0 Å². The lowest BCUT2D eigenvalue weighted by molar-refractivity contribution is 0.602. The number of para-hydroxylation sites is 1. The van der Waals surface area contributed by atoms with Crippen molar-refractivity contribution >= 4 is 32.6 Å². The highest BCUT2D eigenvalue weighted by molar-refractivity contribution is 7.93. The average Bonchev–Trinajstić information content (AvgIpc) is 3.16. The number of nitrogens with zero attached hydrogens (tertiary/aromatic N) is 4. The van der Waals surface area contributed by atoms with E-state index in [0.717, 1.165) is 31.3 Å². The van der Waals surface area contributed by atoms with Gasteiger partial charge in [-0.15, -0.1) is 0 Å². The van der Waals surface area contributed by atoms with Gasteiger partial charge in [-0.3, -0.25) is 9.71 Å². The summed E-state index contributed by atoms with van der Waals surface area (Å²) in [7, 11) is -3.78. The fourth-order valence-electron chi connectivity index (χ4n) is 2.96. The first-order valence-corrected chi connectivity index (χ1v) is 9.55. The summed E-state index contributed by atoms with van der Waals surface area (Å²) in [6.07, 6.45) is 6.83. The van der Waals surface area contributed by atoms with Gasteiger partial charge in [-0.25, -0.2) is 18.4 Å². The van der Waals surface area contributed by atoms with Gasteiger partial charge in [0.15, 0.2) is 0 Å². The van der Waals surface area contributed by atoms with Crippen LogP contribution in [0.3, 0.4) is 0 Å². The van der Waals surface area contributed by atoms with Crippen LogP contribution in [0.5, 0.6) is 0 Å². The summed E-state index contributed by atoms with van der Waals surface area (Å²) in [6, 6.07) is 8.67. The van der Waals surface area contributed by atoms with Gasteiger partial charge < -0.3 is 4.90 Å². The molecule has 25 heavy (non-hydrogen) atoms. The fourth-order valence-corrected chi connectivity index (χ4v) is 4.17. The van der Waals surface area contributed by atoms with Crippen LogP contribution >= 0.6 is 0 Å². The van der Waals surface area contributed by atoms with E-state index in [-0.39, 0.29) is 4.90 Å². The molecule has 128 valence electrons. The molecule has 1 aliphatic heterocycles. The Morgan fingerprint density at radius 2 is 1.68 bits per heavy atom. The molecule has 8 heteroatoms. The number of nitrogens with one attached hydrogen (secondary N) is 1. The number of fused-ring (bicyclic) bond motifs is 1. The normalized spacial score (nSPS) is 14.8. The Labute approximate surface area is 145 Å². The van der Waals surface area contributed by atoms with Crippen LogP contribution in [0.4, 0.5) is 11.6 Å². The topological polar surface area (TPSA) is 88.1 Å². The number of rotatable bonds is 4. The van der Waals surface area contributed by atoms with Crippen molar-refractivity contribution in [1.29, 1.82) is 0 Å². The van der Waals surface area contributed by atoms with Crippen LogP contribution in [0.1, 0.15) is 12.8 Å². The third-order valence-electron chi connectivity index (χ3n) is 4.16. The molecule has 0 unspecified atom stereocenters. The number of sulfonamides is 1. The van der Waals surface area contributed by atoms with E-state index >= 15 is 0 Å². The van der Waals surface area contributed by atoms with Gasteiger partial charge >= 0.3 is 0 Å². The highest BCUT2D eigenvalue weighted by Gasteiger charge is 2.19. The van der Waals surface area contributed by atoms with Crippen LogP contribution in [0.15, 0.2) is 53.8 Å². The van der Waals surface area contributed by atoms with Crippen molar-refractivity contribution < 1.29 is 8.42 Å². The first-order valence-electron chi connectivity index (χ1n) is 8.07. The number of benzene rings is 1. The van der Waals surface area contributed by atoms with Gasteiger partial charge in [-0.05, 0) is 25.0 Å². The quantitative estimate of drug-likeness (QED) is 0.773. The van der Waals surface area contributed by atoms with Gasteiger partial charge in [-0.1, -0.05) is 18.2 Å². The Hall–Kier alpha value is -2.74. The molecule has 1 fully saturated rings. The van der Waals surface area contributed by atoms with E-state index < -0.39 is 10.0 Å². The fraction of sp³-hybridized carbons (Fsp3) is 0.235. The Kier molecular flexibility index (Phi) is 3.96. The van der Waals surface area contributed by atoms with Crippen molar-refractivity contribution in [3.05, 3.63) is 48.9 Å². The van der Waals surface area contributed by atoms with Gasteiger partial charge in [0.25, 0.3) is 10.0 Å². The summed E-state index contributed by atoms with van der Waals surface area (Å²) in [4.78, 5) is 15.0. The molecule has 0 radical (unpaired) electrons. The summed E-state index contributed by atoms with van der Waals surface area (Å²) < 4.78 is 28.0. The smallest absolute Gasteiger partial charge is 0.264 e. The molecule has 1 aliphatic rings. The van der Waals surface area contributed by atoms with E-state index in [4.69, 9.17) is 0 Å². The predicted molar refractivity (Wildman–Crippen MR) is 96.0 cm³/mol. The summed E-state index contributed by atoms with van der Waals surface area (Å²) in [5.41, 5.74) is 0.767. The molecule has 0 saturated carbocycles. The predicted octanol–water partition coefficient (Wildman–Crippen LogP) is 2.43. The first-order chi connectivity index (χ1) is 12.1. The lowest BCUT2D eigenvalue weighted by Crippen LogP contribution is -2.20. The molecule has 0 bridgehead atoms. The van der Waals surface area contributed by atoms with Gasteiger partial charge in [0.1, 0.15) is 4.90 Å². The SMILES string of the molecule is O=S(=O)(Nc1cnc(N2CCCC2)nc1)c1cccc2cccnc12. The molecule has 2 aromatic heterocycles. The van der Waals surface area contributed by atoms with Gasteiger partial charge in [0.2, 0.25) is 5.95 Å². The second kappa shape index (κ2) is 6.29. The maximum absolute atomic E-state index is 12.7. The summed E-state index contributed by atoms with van der Waals surface area (Å²) in [5.74, 6) is 0.632. The summed E-state index contributed by atoms with van der Waals surface area (Å²) >= 11 is 0. The highest BCUT2D eigenvalue weighted by atomic mass is 32.2. The third-order valence-corrected chi connectivity index (χ3v) is 5.58.